The third-order valence-corrected chi connectivity index (χ3v) is 4.98. The molecule has 0 aliphatic heterocycles. The molecule has 108 valence electrons. The standard InChI is InChI=1S/C16H23N3S/c1-13(11-16-7-4-10-20-16)17-12-14-8-9-19(18-14)15-5-2-3-6-15/h4,7-10,13,15,17H,2-3,5-6,11-12H2,1H3. The molecule has 1 unspecified atom stereocenters. The molecule has 20 heavy (non-hydrogen) atoms. The van der Waals surface area contributed by atoms with Crippen LogP contribution < -0.4 is 5.32 Å². The normalized spacial score (nSPS) is 17.6. The van der Waals surface area contributed by atoms with E-state index in [4.69, 9.17) is 5.10 Å². The van der Waals surface area contributed by atoms with Gasteiger partial charge >= 0.3 is 0 Å². The van der Waals surface area contributed by atoms with E-state index >= 15 is 0 Å². The Labute approximate surface area is 125 Å². The van der Waals surface area contributed by atoms with Crippen LogP contribution in [0.1, 0.15) is 49.2 Å². The zero-order chi connectivity index (χ0) is 13.8. The molecule has 0 radical (unpaired) electrons. The van der Waals surface area contributed by atoms with Crippen molar-refractivity contribution in [3.05, 3.63) is 40.3 Å². The molecule has 0 spiro atoms. The van der Waals surface area contributed by atoms with Crippen LogP contribution in [0.3, 0.4) is 0 Å². The first-order valence-corrected chi connectivity index (χ1v) is 8.49. The lowest BCUT2D eigenvalue weighted by Gasteiger charge is -2.12. The van der Waals surface area contributed by atoms with Gasteiger partial charge in [-0.05, 0) is 43.7 Å². The van der Waals surface area contributed by atoms with E-state index in [9.17, 15) is 0 Å². The van der Waals surface area contributed by atoms with E-state index in [1.807, 2.05) is 11.3 Å². The van der Waals surface area contributed by atoms with E-state index in [1.165, 1.54) is 30.6 Å². The highest BCUT2D eigenvalue weighted by atomic mass is 32.1. The Morgan fingerprint density at radius 2 is 2.25 bits per heavy atom. The molecular formula is C16H23N3S. The summed E-state index contributed by atoms with van der Waals surface area (Å²) < 4.78 is 2.17. The highest BCUT2D eigenvalue weighted by Gasteiger charge is 2.17. The lowest BCUT2D eigenvalue weighted by molar-refractivity contribution is 0.457. The molecule has 0 bridgehead atoms. The van der Waals surface area contributed by atoms with Crippen LogP contribution in [0, 0.1) is 0 Å². The quantitative estimate of drug-likeness (QED) is 0.877. The van der Waals surface area contributed by atoms with Gasteiger partial charge in [-0.25, -0.2) is 0 Å². The summed E-state index contributed by atoms with van der Waals surface area (Å²) in [6.45, 7) is 3.11. The minimum absolute atomic E-state index is 0.491. The third-order valence-electron chi connectivity index (χ3n) is 4.08. The Morgan fingerprint density at radius 3 is 3.00 bits per heavy atom. The van der Waals surface area contributed by atoms with Crippen molar-refractivity contribution in [1.82, 2.24) is 15.1 Å². The number of nitrogens with zero attached hydrogens (tertiary/aromatic N) is 2. The van der Waals surface area contributed by atoms with E-state index in [0.29, 0.717) is 12.1 Å². The monoisotopic (exact) mass is 289 g/mol. The van der Waals surface area contributed by atoms with Crippen molar-refractivity contribution < 1.29 is 0 Å². The van der Waals surface area contributed by atoms with Crippen LogP contribution in [0.4, 0.5) is 0 Å². The Hall–Kier alpha value is -1.13. The fourth-order valence-electron chi connectivity index (χ4n) is 2.93. The van der Waals surface area contributed by atoms with Crippen molar-refractivity contribution in [2.75, 3.05) is 0 Å². The SMILES string of the molecule is CC(Cc1cccs1)NCc1ccn(C2CCCC2)n1. The summed E-state index contributed by atoms with van der Waals surface area (Å²) in [6.07, 6.45) is 8.55. The maximum atomic E-state index is 4.72. The molecule has 1 N–H and O–H groups in total. The van der Waals surface area contributed by atoms with Gasteiger partial charge in [-0.15, -0.1) is 11.3 Å². The molecule has 1 saturated carbocycles. The molecule has 1 aliphatic carbocycles. The van der Waals surface area contributed by atoms with Gasteiger partial charge in [-0.3, -0.25) is 4.68 Å². The average Bonchev–Trinajstić information content (AvgIpc) is 3.18. The number of aromatic nitrogens is 2. The molecular weight excluding hydrogens is 266 g/mol. The molecule has 1 aliphatic rings. The van der Waals surface area contributed by atoms with Gasteiger partial charge in [0.05, 0.1) is 11.7 Å². The second-order valence-corrected chi connectivity index (χ2v) is 6.82. The average molecular weight is 289 g/mol. The van der Waals surface area contributed by atoms with Crippen molar-refractivity contribution in [2.45, 2.75) is 57.7 Å². The molecule has 2 heterocycles. The fraction of sp³-hybridized carbons (Fsp3) is 0.562. The first-order valence-electron chi connectivity index (χ1n) is 7.61. The Morgan fingerprint density at radius 1 is 1.40 bits per heavy atom. The van der Waals surface area contributed by atoms with E-state index in [1.54, 1.807) is 0 Å². The molecule has 0 amide bonds. The number of hydrogen-bond donors (Lipinski definition) is 1. The minimum atomic E-state index is 0.491. The maximum Gasteiger partial charge on any atom is 0.0762 e. The first-order chi connectivity index (χ1) is 9.81. The van der Waals surface area contributed by atoms with Gasteiger partial charge in [0.1, 0.15) is 0 Å². The zero-order valence-electron chi connectivity index (χ0n) is 12.1. The summed E-state index contributed by atoms with van der Waals surface area (Å²) in [5, 5.41) is 10.4. The van der Waals surface area contributed by atoms with Crippen molar-refractivity contribution >= 4 is 11.3 Å². The smallest absolute Gasteiger partial charge is 0.0762 e. The molecule has 2 aromatic heterocycles. The topological polar surface area (TPSA) is 29.9 Å². The molecule has 1 fully saturated rings. The zero-order valence-corrected chi connectivity index (χ0v) is 12.9. The van der Waals surface area contributed by atoms with Gasteiger partial charge in [0, 0.05) is 23.7 Å². The number of hydrogen-bond acceptors (Lipinski definition) is 3. The molecule has 3 rings (SSSR count). The minimum Gasteiger partial charge on any atom is -0.308 e. The van der Waals surface area contributed by atoms with Crippen LogP contribution >= 0.6 is 11.3 Å². The Balaban J connectivity index is 1.48. The number of rotatable bonds is 6. The van der Waals surface area contributed by atoms with Gasteiger partial charge in [-0.2, -0.15) is 5.10 Å². The Kier molecular flexibility index (Phi) is 4.53. The summed E-state index contributed by atoms with van der Waals surface area (Å²) in [5.74, 6) is 0. The second kappa shape index (κ2) is 6.55. The summed E-state index contributed by atoms with van der Waals surface area (Å²) in [4.78, 5) is 1.45. The van der Waals surface area contributed by atoms with Crippen LogP contribution in [0.15, 0.2) is 29.8 Å². The summed E-state index contributed by atoms with van der Waals surface area (Å²) in [7, 11) is 0. The molecule has 0 saturated heterocycles. The molecule has 3 nitrogen and oxygen atoms in total. The molecule has 2 aromatic rings. The highest BCUT2D eigenvalue weighted by molar-refractivity contribution is 7.09. The van der Waals surface area contributed by atoms with Gasteiger partial charge in [0.2, 0.25) is 0 Å². The van der Waals surface area contributed by atoms with Gasteiger partial charge in [0.15, 0.2) is 0 Å². The van der Waals surface area contributed by atoms with E-state index in [2.05, 4.69) is 46.7 Å². The van der Waals surface area contributed by atoms with Gasteiger partial charge in [-0.1, -0.05) is 18.9 Å². The van der Waals surface area contributed by atoms with E-state index in [0.717, 1.165) is 18.7 Å². The third kappa shape index (κ3) is 3.49. The first kappa shape index (κ1) is 13.8. The fourth-order valence-corrected chi connectivity index (χ4v) is 3.76. The lowest BCUT2D eigenvalue weighted by atomic mass is 10.2. The Bertz CT molecular complexity index is 512. The number of thiophene rings is 1. The van der Waals surface area contributed by atoms with E-state index < -0.39 is 0 Å². The van der Waals surface area contributed by atoms with Crippen molar-refractivity contribution in [3.63, 3.8) is 0 Å². The van der Waals surface area contributed by atoms with Gasteiger partial charge < -0.3 is 5.32 Å². The summed E-state index contributed by atoms with van der Waals surface area (Å²) >= 11 is 1.83. The predicted molar refractivity (Wildman–Crippen MR) is 84.1 cm³/mol. The van der Waals surface area contributed by atoms with Crippen LogP contribution in [-0.4, -0.2) is 15.8 Å². The summed E-state index contributed by atoms with van der Waals surface area (Å²) in [5.41, 5.74) is 1.16. The molecule has 4 heteroatoms. The second-order valence-electron chi connectivity index (χ2n) is 5.79. The van der Waals surface area contributed by atoms with Crippen molar-refractivity contribution in [2.24, 2.45) is 0 Å². The van der Waals surface area contributed by atoms with Crippen molar-refractivity contribution in [1.29, 1.82) is 0 Å². The van der Waals surface area contributed by atoms with Crippen LogP contribution in [0.2, 0.25) is 0 Å². The largest absolute Gasteiger partial charge is 0.308 e. The maximum absolute atomic E-state index is 4.72. The van der Waals surface area contributed by atoms with Crippen LogP contribution in [0.5, 0.6) is 0 Å². The van der Waals surface area contributed by atoms with Crippen LogP contribution in [-0.2, 0) is 13.0 Å². The lowest BCUT2D eigenvalue weighted by Crippen LogP contribution is -2.27. The van der Waals surface area contributed by atoms with Crippen molar-refractivity contribution in [3.8, 4) is 0 Å². The van der Waals surface area contributed by atoms with E-state index in [-0.39, 0.29) is 0 Å². The van der Waals surface area contributed by atoms with Crippen LogP contribution in [0.25, 0.3) is 0 Å². The highest BCUT2D eigenvalue weighted by Crippen LogP contribution is 2.28. The molecule has 0 aromatic carbocycles. The van der Waals surface area contributed by atoms with Gasteiger partial charge in [0.25, 0.3) is 0 Å². The predicted octanol–water partition coefficient (Wildman–Crippen LogP) is 3.78. The molecule has 1 atom stereocenters. The number of nitrogens with one attached hydrogen (secondary N) is 1. The summed E-state index contributed by atoms with van der Waals surface area (Å²) in [6, 6.07) is 7.62.